The fraction of sp³-hybridized carbons (Fsp3) is 0.263. The van der Waals surface area contributed by atoms with Gasteiger partial charge in [0.25, 0.3) is 0 Å². The van der Waals surface area contributed by atoms with Gasteiger partial charge in [0, 0.05) is 18.5 Å². The van der Waals surface area contributed by atoms with Gasteiger partial charge in [-0.2, -0.15) is 5.10 Å². The lowest BCUT2D eigenvalue weighted by Crippen LogP contribution is -2.46. The van der Waals surface area contributed by atoms with E-state index in [9.17, 15) is 14.3 Å². The summed E-state index contributed by atoms with van der Waals surface area (Å²) in [6, 6.07) is 11.5. The number of para-hydroxylation sites is 1. The molecule has 2 aromatic carbocycles. The zero-order chi connectivity index (χ0) is 19.0. The summed E-state index contributed by atoms with van der Waals surface area (Å²) in [4.78, 5) is 14.2. The van der Waals surface area contributed by atoms with E-state index >= 15 is 0 Å². The monoisotopic (exact) mass is 388 g/mol. The zero-order valence-corrected chi connectivity index (χ0v) is 15.1. The number of nitrogens with zero attached hydrogens (tertiary/aromatic N) is 2. The number of nitrogens with one attached hydrogen (secondary N) is 2. The highest BCUT2D eigenvalue weighted by molar-refractivity contribution is 6.30. The lowest BCUT2D eigenvalue weighted by Gasteiger charge is -2.38. The Morgan fingerprint density at radius 3 is 2.74 bits per heavy atom. The Labute approximate surface area is 159 Å². The number of piperidine rings is 1. The van der Waals surface area contributed by atoms with E-state index in [0.717, 1.165) is 10.9 Å². The fourth-order valence-electron chi connectivity index (χ4n) is 3.39. The largest absolute Gasteiger partial charge is 0.385 e. The van der Waals surface area contributed by atoms with Gasteiger partial charge in [-0.25, -0.2) is 9.18 Å². The molecule has 1 aliphatic rings. The first-order chi connectivity index (χ1) is 13.0. The summed E-state index contributed by atoms with van der Waals surface area (Å²) in [6.45, 7) is 0.684. The van der Waals surface area contributed by atoms with Crippen molar-refractivity contribution >= 4 is 34.4 Å². The summed E-state index contributed by atoms with van der Waals surface area (Å²) in [5.74, 6) is -0.0932. The minimum absolute atomic E-state index is 0.0189. The SMILES string of the molecule is O=C(Nc1n[nH]c2ccccc12)N1CCC(O)(c2ccc(Cl)c(F)c2)CC1. The van der Waals surface area contributed by atoms with E-state index in [1.54, 1.807) is 11.0 Å². The number of hydrogen-bond acceptors (Lipinski definition) is 3. The van der Waals surface area contributed by atoms with Crippen LogP contribution in [0.5, 0.6) is 0 Å². The second kappa shape index (κ2) is 6.83. The van der Waals surface area contributed by atoms with Crippen molar-refractivity contribution in [3.63, 3.8) is 0 Å². The summed E-state index contributed by atoms with van der Waals surface area (Å²) >= 11 is 5.71. The first kappa shape index (κ1) is 17.8. The first-order valence-corrected chi connectivity index (χ1v) is 9.01. The molecule has 3 aromatic rings. The minimum atomic E-state index is -1.18. The molecule has 4 rings (SSSR count). The van der Waals surface area contributed by atoms with Crippen LogP contribution in [0.15, 0.2) is 42.5 Å². The summed E-state index contributed by atoms with van der Waals surface area (Å²) in [5.41, 5.74) is 0.134. The maximum Gasteiger partial charge on any atom is 0.323 e. The molecular weight excluding hydrogens is 371 g/mol. The molecule has 0 aliphatic carbocycles. The van der Waals surface area contributed by atoms with Gasteiger partial charge in [0.1, 0.15) is 5.82 Å². The average molecular weight is 389 g/mol. The highest BCUT2D eigenvalue weighted by atomic mass is 35.5. The Bertz CT molecular complexity index is 998. The van der Waals surface area contributed by atoms with E-state index in [4.69, 9.17) is 11.6 Å². The number of benzene rings is 2. The van der Waals surface area contributed by atoms with Crippen LogP contribution in [-0.2, 0) is 5.60 Å². The van der Waals surface area contributed by atoms with Crippen molar-refractivity contribution in [2.75, 3.05) is 18.4 Å². The summed E-state index contributed by atoms with van der Waals surface area (Å²) < 4.78 is 13.7. The molecule has 1 saturated heterocycles. The molecule has 2 heterocycles. The number of rotatable bonds is 2. The number of fused-ring (bicyclic) bond motifs is 1. The van der Waals surface area contributed by atoms with Gasteiger partial charge in [-0.05, 0) is 42.7 Å². The van der Waals surface area contributed by atoms with E-state index in [0.29, 0.717) is 37.3 Å². The topological polar surface area (TPSA) is 81.2 Å². The quantitative estimate of drug-likeness (QED) is 0.623. The lowest BCUT2D eigenvalue weighted by molar-refractivity contribution is -0.0159. The standard InChI is InChI=1S/C19H18ClFN4O2/c20-14-6-5-12(11-15(14)21)19(27)7-9-25(10-8-19)18(26)22-17-13-3-1-2-4-16(13)23-24-17/h1-6,11,27H,7-10H2,(H2,22,23,24,26). The van der Waals surface area contributed by atoms with Crippen molar-refractivity contribution in [1.82, 2.24) is 15.1 Å². The molecule has 1 aromatic heterocycles. The third kappa shape index (κ3) is 3.36. The third-order valence-corrected chi connectivity index (χ3v) is 5.34. The van der Waals surface area contributed by atoms with E-state index < -0.39 is 11.4 Å². The molecule has 3 N–H and O–H groups in total. The number of H-pyrrole nitrogens is 1. The van der Waals surface area contributed by atoms with Crippen LogP contribution in [0.1, 0.15) is 18.4 Å². The van der Waals surface area contributed by atoms with Crippen LogP contribution in [0.2, 0.25) is 5.02 Å². The molecule has 8 heteroatoms. The van der Waals surface area contributed by atoms with E-state index in [2.05, 4.69) is 15.5 Å². The number of likely N-dealkylation sites (tertiary alicyclic amines) is 1. The normalized spacial score (nSPS) is 16.5. The van der Waals surface area contributed by atoms with Crippen LogP contribution in [0.4, 0.5) is 15.0 Å². The van der Waals surface area contributed by atoms with Gasteiger partial charge in [0.15, 0.2) is 5.82 Å². The van der Waals surface area contributed by atoms with Crippen molar-refractivity contribution < 1.29 is 14.3 Å². The van der Waals surface area contributed by atoms with Gasteiger partial charge in [-0.1, -0.05) is 29.8 Å². The molecule has 1 aliphatic heterocycles. The van der Waals surface area contributed by atoms with Crippen molar-refractivity contribution in [2.45, 2.75) is 18.4 Å². The highest BCUT2D eigenvalue weighted by Crippen LogP contribution is 2.34. The van der Waals surface area contributed by atoms with Crippen molar-refractivity contribution in [3.05, 3.63) is 58.9 Å². The Kier molecular flexibility index (Phi) is 4.49. The maximum atomic E-state index is 13.7. The van der Waals surface area contributed by atoms with Gasteiger partial charge < -0.3 is 10.0 Å². The molecule has 6 nitrogen and oxygen atoms in total. The van der Waals surface area contributed by atoms with Gasteiger partial charge >= 0.3 is 6.03 Å². The summed E-state index contributed by atoms with van der Waals surface area (Å²) in [7, 11) is 0. The second-order valence-electron chi connectivity index (χ2n) is 6.70. The minimum Gasteiger partial charge on any atom is -0.385 e. The van der Waals surface area contributed by atoms with Crippen molar-refractivity contribution in [1.29, 1.82) is 0 Å². The highest BCUT2D eigenvalue weighted by Gasteiger charge is 2.36. The molecule has 27 heavy (non-hydrogen) atoms. The number of hydrogen-bond donors (Lipinski definition) is 3. The number of anilines is 1. The Morgan fingerprint density at radius 1 is 1.26 bits per heavy atom. The summed E-state index contributed by atoms with van der Waals surface area (Å²) in [6.07, 6.45) is 0.617. The number of halogens is 2. The number of carbonyl (C=O) groups excluding carboxylic acids is 1. The average Bonchev–Trinajstić information content (AvgIpc) is 3.07. The molecule has 2 amide bonds. The van der Waals surface area contributed by atoms with E-state index in [1.165, 1.54) is 12.1 Å². The van der Waals surface area contributed by atoms with Gasteiger partial charge in [0.05, 0.1) is 16.1 Å². The molecule has 0 saturated carbocycles. The van der Waals surface area contributed by atoms with Crippen molar-refractivity contribution in [2.24, 2.45) is 0 Å². The number of aromatic amines is 1. The second-order valence-corrected chi connectivity index (χ2v) is 7.10. The predicted molar refractivity (Wildman–Crippen MR) is 101 cm³/mol. The van der Waals surface area contributed by atoms with E-state index in [-0.39, 0.29) is 11.1 Å². The first-order valence-electron chi connectivity index (χ1n) is 8.63. The summed E-state index contributed by atoms with van der Waals surface area (Å²) in [5, 5.41) is 21.5. The smallest absolute Gasteiger partial charge is 0.323 e. The number of urea groups is 1. The van der Waals surface area contributed by atoms with Crippen molar-refractivity contribution in [3.8, 4) is 0 Å². The molecule has 0 bridgehead atoms. The number of carbonyl (C=O) groups is 1. The molecule has 0 spiro atoms. The Morgan fingerprint density at radius 2 is 2.00 bits per heavy atom. The van der Waals surface area contributed by atoms with Gasteiger partial charge in [-0.3, -0.25) is 10.4 Å². The molecule has 0 atom stereocenters. The molecular formula is C19H18ClFN4O2. The Hall–Kier alpha value is -2.64. The van der Waals surface area contributed by atoms with Crippen LogP contribution in [0.3, 0.4) is 0 Å². The van der Waals surface area contributed by atoms with Crippen LogP contribution in [-0.4, -0.2) is 39.3 Å². The number of aromatic nitrogens is 2. The van der Waals surface area contributed by atoms with Crippen LogP contribution in [0, 0.1) is 5.82 Å². The number of amides is 2. The van der Waals surface area contributed by atoms with Crippen LogP contribution in [0.25, 0.3) is 10.9 Å². The van der Waals surface area contributed by atoms with Crippen LogP contribution >= 0.6 is 11.6 Å². The lowest BCUT2D eigenvalue weighted by atomic mass is 9.84. The fourth-order valence-corrected chi connectivity index (χ4v) is 3.51. The zero-order valence-electron chi connectivity index (χ0n) is 14.4. The van der Waals surface area contributed by atoms with E-state index in [1.807, 2.05) is 24.3 Å². The Balaban J connectivity index is 1.44. The maximum absolute atomic E-state index is 13.7. The van der Waals surface area contributed by atoms with Gasteiger partial charge in [-0.15, -0.1) is 0 Å². The molecule has 0 radical (unpaired) electrons. The molecule has 140 valence electrons. The predicted octanol–water partition coefficient (Wildman–Crippen LogP) is 3.87. The molecule has 0 unspecified atom stereocenters. The number of aliphatic hydroxyl groups is 1. The van der Waals surface area contributed by atoms with Gasteiger partial charge in [0.2, 0.25) is 0 Å². The van der Waals surface area contributed by atoms with Crippen LogP contribution < -0.4 is 5.32 Å². The third-order valence-electron chi connectivity index (χ3n) is 5.03. The molecule has 1 fully saturated rings.